The van der Waals surface area contributed by atoms with Crippen LogP contribution in [0.2, 0.25) is 0 Å². The second-order valence-corrected chi connectivity index (χ2v) is 8.80. The molecule has 1 aliphatic heterocycles. The molecule has 0 saturated heterocycles. The summed E-state index contributed by atoms with van der Waals surface area (Å²) in [4.78, 5) is -0.248. The zero-order chi connectivity index (χ0) is 18.9. The summed E-state index contributed by atoms with van der Waals surface area (Å²) in [7, 11) is -4.35. The molecular weight excluding hydrogens is 364 g/mol. The van der Waals surface area contributed by atoms with Gasteiger partial charge in [-0.3, -0.25) is 0 Å². The highest BCUT2D eigenvalue weighted by molar-refractivity contribution is 7.93. The number of hydrogen-bond acceptors (Lipinski definition) is 5. The molecule has 0 bridgehead atoms. The van der Waals surface area contributed by atoms with E-state index in [1.165, 1.54) is 18.2 Å². The van der Waals surface area contributed by atoms with Gasteiger partial charge in [0.15, 0.2) is 0 Å². The summed E-state index contributed by atoms with van der Waals surface area (Å²) in [5, 5.41) is 16.9. The minimum atomic E-state index is -4.35. The molecule has 4 rings (SSSR count). The van der Waals surface area contributed by atoms with Gasteiger partial charge in [0, 0.05) is 17.2 Å². The van der Waals surface area contributed by atoms with E-state index >= 15 is 4.39 Å². The smallest absolute Gasteiger partial charge is 0.244 e. The third kappa shape index (κ3) is 1.93. The minimum Gasteiger partial charge on any atom is -0.457 e. The van der Waals surface area contributed by atoms with Crippen molar-refractivity contribution in [1.82, 2.24) is 0 Å². The molecule has 0 saturated carbocycles. The lowest BCUT2D eigenvalue weighted by Crippen LogP contribution is -2.44. The van der Waals surface area contributed by atoms with E-state index < -0.39 is 26.3 Å². The van der Waals surface area contributed by atoms with Crippen molar-refractivity contribution in [2.24, 2.45) is 0 Å². The molecular formula is C18H13F2NO4S. The maximum absolute atomic E-state index is 15.0. The van der Waals surface area contributed by atoms with E-state index in [1.54, 1.807) is 0 Å². The van der Waals surface area contributed by atoms with E-state index in [1.807, 2.05) is 6.07 Å². The second kappa shape index (κ2) is 5.02. The molecule has 1 N–H and O–H groups in total. The topological polar surface area (TPSA) is 87.4 Å². The van der Waals surface area contributed by atoms with E-state index in [0.717, 1.165) is 19.1 Å². The highest BCUT2D eigenvalue weighted by atomic mass is 32.2. The Balaban J connectivity index is 1.87. The molecule has 134 valence electrons. The van der Waals surface area contributed by atoms with Crippen LogP contribution in [-0.4, -0.2) is 18.5 Å². The Morgan fingerprint density at radius 2 is 2.04 bits per heavy atom. The van der Waals surface area contributed by atoms with E-state index in [0.29, 0.717) is 5.56 Å². The predicted octanol–water partition coefficient (Wildman–Crippen LogP) is 3.10. The van der Waals surface area contributed by atoms with Crippen molar-refractivity contribution in [3.63, 3.8) is 0 Å². The van der Waals surface area contributed by atoms with E-state index in [9.17, 15) is 17.9 Å². The Hall–Kier alpha value is -2.50. The highest BCUT2D eigenvalue weighted by Crippen LogP contribution is 2.60. The molecule has 8 heteroatoms. The zero-order valence-corrected chi connectivity index (χ0v) is 14.4. The van der Waals surface area contributed by atoms with Crippen molar-refractivity contribution in [2.75, 3.05) is 0 Å². The summed E-state index contributed by atoms with van der Waals surface area (Å²) in [6.07, 6.45) is 0.110. The van der Waals surface area contributed by atoms with Crippen LogP contribution in [-0.2, 0) is 21.9 Å². The third-order valence-electron chi connectivity index (χ3n) is 5.14. The van der Waals surface area contributed by atoms with E-state index in [4.69, 9.17) is 10.00 Å². The molecule has 1 aliphatic carbocycles. The average molecular weight is 377 g/mol. The van der Waals surface area contributed by atoms with Crippen LogP contribution >= 0.6 is 0 Å². The molecule has 0 aromatic heterocycles. The van der Waals surface area contributed by atoms with Gasteiger partial charge in [0.05, 0.1) is 16.5 Å². The Labute approximate surface area is 148 Å². The van der Waals surface area contributed by atoms with Crippen LogP contribution in [0.15, 0.2) is 35.2 Å². The van der Waals surface area contributed by atoms with Gasteiger partial charge in [-0.05, 0) is 44.0 Å². The van der Waals surface area contributed by atoms with Crippen molar-refractivity contribution in [2.45, 2.75) is 35.3 Å². The molecule has 26 heavy (non-hydrogen) atoms. The Bertz CT molecular complexity index is 1100. The van der Waals surface area contributed by atoms with Crippen molar-refractivity contribution in [3.05, 3.63) is 52.8 Å². The summed E-state index contributed by atoms with van der Waals surface area (Å²) in [5.74, 6) is -0.411. The van der Waals surface area contributed by atoms with Gasteiger partial charge in [0.1, 0.15) is 22.9 Å². The Morgan fingerprint density at radius 1 is 1.31 bits per heavy atom. The number of nitrogens with zero attached hydrogens (tertiary/aromatic N) is 1. The summed E-state index contributed by atoms with van der Waals surface area (Å²) in [6.45, 7) is 0.865. The number of nitriles is 1. The molecule has 2 aromatic rings. The summed E-state index contributed by atoms with van der Waals surface area (Å²) in [5.41, 5.74) is -1.70. The number of hydrogen-bond donors (Lipinski definition) is 1. The number of ether oxygens (including phenoxy) is 1. The Kier molecular flexibility index (Phi) is 3.27. The van der Waals surface area contributed by atoms with E-state index in [2.05, 4.69) is 0 Å². The monoisotopic (exact) mass is 377 g/mol. The molecule has 0 amide bonds. The number of rotatable bonds is 2. The van der Waals surface area contributed by atoms with Crippen LogP contribution in [0.5, 0.6) is 11.5 Å². The maximum atomic E-state index is 15.0. The quantitative estimate of drug-likeness (QED) is 0.869. The van der Waals surface area contributed by atoms with Crippen LogP contribution in [0.25, 0.3) is 0 Å². The fraction of sp³-hybridized carbons (Fsp3) is 0.278. The average Bonchev–Trinajstić information content (AvgIpc) is 2.98. The fourth-order valence-corrected chi connectivity index (χ4v) is 5.62. The third-order valence-corrected chi connectivity index (χ3v) is 7.41. The normalized spacial score (nSPS) is 27.8. The van der Waals surface area contributed by atoms with Crippen LogP contribution in [0.4, 0.5) is 8.78 Å². The van der Waals surface area contributed by atoms with Crippen molar-refractivity contribution < 1.29 is 27.0 Å². The second-order valence-electron chi connectivity index (χ2n) is 6.59. The van der Waals surface area contributed by atoms with Gasteiger partial charge in [-0.1, -0.05) is 0 Å². The van der Waals surface area contributed by atoms with Crippen LogP contribution < -0.4 is 4.74 Å². The minimum absolute atomic E-state index is 0.0110. The van der Waals surface area contributed by atoms with Gasteiger partial charge < -0.3 is 9.84 Å². The molecule has 2 unspecified atom stereocenters. The molecule has 2 atom stereocenters. The fourth-order valence-electron chi connectivity index (χ4n) is 3.75. The maximum Gasteiger partial charge on any atom is 0.244 e. The molecule has 2 aliphatic rings. The number of alkyl halides is 1. The summed E-state index contributed by atoms with van der Waals surface area (Å²) in [6, 6.07) is 7.82. The lowest BCUT2D eigenvalue weighted by atomic mass is 9.91. The van der Waals surface area contributed by atoms with Gasteiger partial charge in [-0.2, -0.15) is 5.26 Å². The first kappa shape index (κ1) is 16.9. The predicted molar refractivity (Wildman–Crippen MR) is 86.5 cm³/mol. The molecule has 5 nitrogen and oxygen atoms in total. The lowest BCUT2D eigenvalue weighted by molar-refractivity contribution is -0.0497. The first-order chi connectivity index (χ1) is 12.1. The van der Waals surface area contributed by atoms with Gasteiger partial charge in [-0.25, -0.2) is 17.2 Å². The Morgan fingerprint density at radius 3 is 2.73 bits per heavy atom. The SMILES string of the molecule is CC1(F)C2(O)CCc3c(Oc4cc(F)cc(C#N)c4)ccc(c32)S1(=O)=O. The zero-order valence-electron chi connectivity index (χ0n) is 13.6. The first-order valence-electron chi connectivity index (χ1n) is 7.82. The first-order valence-corrected chi connectivity index (χ1v) is 9.31. The van der Waals surface area contributed by atoms with Gasteiger partial charge in [0.2, 0.25) is 14.8 Å². The van der Waals surface area contributed by atoms with Crippen LogP contribution in [0, 0.1) is 17.1 Å². The van der Waals surface area contributed by atoms with Crippen molar-refractivity contribution in [3.8, 4) is 17.6 Å². The number of sulfone groups is 1. The van der Waals surface area contributed by atoms with Gasteiger partial charge in [-0.15, -0.1) is 0 Å². The number of halogens is 2. The van der Waals surface area contributed by atoms with Gasteiger partial charge in [0.25, 0.3) is 0 Å². The van der Waals surface area contributed by atoms with Gasteiger partial charge >= 0.3 is 0 Å². The largest absolute Gasteiger partial charge is 0.457 e. The molecule has 0 radical (unpaired) electrons. The lowest BCUT2D eigenvalue weighted by Gasteiger charge is -2.28. The van der Waals surface area contributed by atoms with Crippen molar-refractivity contribution >= 4 is 9.84 Å². The summed E-state index contributed by atoms with van der Waals surface area (Å²) < 4.78 is 59.1. The van der Waals surface area contributed by atoms with Crippen LogP contribution in [0.3, 0.4) is 0 Å². The highest BCUT2D eigenvalue weighted by Gasteiger charge is 2.68. The molecule has 0 fully saturated rings. The van der Waals surface area contributed by atoms with E-state index in [-0.39, 0.29) is 40.4 Å². The van der Waals surface area contributed by atoms with Crippen molar-refractivity contribution in [1.29, 1.82) is 5.26 Å². The molecule has 0 spiro atoms. The van der Waals surface area contributed by atoms with Crippen LogP contribution in [0.1, 0.15) is 30.0 Å². The standard InChI is InChI=1S/C18H13F2NO4S/c1-17(20)18(22)5-4-13-14(2-3-15(16(13)18)26(17,23)24)25-12-7-10(9-21)6-11(19)8-12/h2-3,6-8,22H,4-5H2,1H3. The number of aliphatic hydroxyl groups is 1. The molecule has 1 heterocycles. The summed E-state index contributed by atoms with van der Waals surface area (Å²) >= 11 is 0. The molecule has 2 aromatic carbocycles. The number of benzene rings is 2.